The van der Waals surface area contributed by atoms with E-state index in [9.17, 15) is 0 Å². The number of aromatic nitrogens is 6. The molecule has 0 atom stereocenters. The molecule has 4 aromatic rings. The summed E-state index contributed by atoms with van der Waals surface area (Å²) in [4.78, 5) is 12.9. The number of thioether (sulfide) groups is 1. The normalized spacial score (nSPS) is 11.0. The van der Waals surface area contributed by atoms with Crippen molar-refractivity contribution in [2.24, 2.45) is 7.05 Å². The second-order valence-electron chi connectivity index (χ2n) is 6.20. The molecule has 0 spiro atoms. The third kappa shape index (κ3) is 4.21. The van der Waals surface area contributed by atoms with Gasteiger partial charge in [0.25, 0.3) is 0 Å². The van der Waals surface area contributed by atoms with Crippen LogP contribution in [0.25, 0.3) is 11.6 Å². The van der Waals surface area contributed by atoms with E-state index >= 15 is 0 Å². The van der Waals surface area contributed by atoms with Crippen LogP contribution < -0.4 is 11.1 Å². The van der Waals surface area contributed by atoms with Gasteiger partial charge in [-0.15, -0.1) is 10.2 Å². The highest BCUT2D eigenvalue weighted by Crippen LogP contribution is 2.25. The first-order valence-electron chi connectivity index (χ1n) is 9.05. The van der Waals surface area contributed by atoms with Crippen molar-refractivity contribution >= 4 is 29.3 Å². The molecule has 0 aliphatic heterocycles. The van der Waals surface area contributed by atoms with Crippen LogP contribution in [0.2, 0.25) is 0 Å². The van der Waals surface area contributed by atoms with Gasteiger partial charge in [0.15, 0.2) is 16.7 Å². The van der Waals surface area contributed by atoms with Gasteiger partial charge in [0, 0.05) is 12.7 Å². The quantitative estimate of drug-likeness (QED) is 0.443. The molecule has 0 fully saturated rings. The van der Waals surface area contributed by atoms with Gasteiger partial charge in [-0.3, -0.25) is 0 Å². The molecule has 1 aromatic carbocycles. The Hall–Kier alpha value is -3.40. The summed E-state index contributed by atoms with van der Waals surface area (Å²) in [5.74, 6) is 2.94. The summed E-state index contributed by atoms with van der Waals surface area (Å²) in [6, 6.07) is 11.7. The van der Waals surface area contributed by atoms with Crippen molar-refractivity contribution in [1.29, 1.82) is 0 Å². The molecule has 10 heteroatoms. The number of hydrogen-bond donors (Lipinski definition) is 2. The fraction of sp³-hybridized carbons (Fsp3) is 0.211. The standard InChI is InChI=1S/C19H20N8OS/c1-3-12-7-4-5-8-13(12)21-18-23-15(22-17(20)24-18)11-29-19-26-25-16(27(19)2)14-9-6-10-28-14/h4-10H,3,11H2,1-2H3,(H3,20,21,22,23,24). The van der Waals surface area contributed by atoms with Crippen LogP contribution in [-0.2, 0) is 19.2 Å². The molecule has 0 aliphatic carbocycles. The summed E-state index contributed by atoms with van der Waals surface area (Å²) < 4.78 is 7.26. The SMILES string of the molecule is CCc1ccccc1Nc1nc(N)nc(CSc2nnc(-c3ccco3)n2C)n1. The van der Waals surface area contributed by atoms with Gasteiger partial charge in [-0.05, 0) is 30.2 Å². The number of furan rings is 1. The van der Waals surface area contributed by atoms with E-state index in [4.69, 9.17) is 10.2 Å². The predicted molar refractivity (Wildman–Crippen MR) is 112 cm³/mol. The Bertz CT molecular complexity index is 1110. The molecule has 29 heavy (non-hydrogen) atoms. The van der Waals surface area contributed by atoms with E-state index in [0.717, 1.165) is 17.3 Å². The molecule has 0 saturated heterocycles. The van der Waals surface area contributed by atoms with Crippen LogP contribution in [0.1, 0.15) is 18.3 Å². The Balaban J connectivity index is 1.50. The fourth-order valence-electron chi connectivity index (χ4n) is 2.82. The van der Waals surface area contributed by atoms with Gasteiger partial charge in [-0.2, -0.15) is 15.0 Å². The molecule has 0 saturated carbocycles. The zero-order valence-corrected chi connectivity index (χ0v) is 16.8. The molecule has 0 radical (unpaired) electrons. The second-order valence-corrected chi connectivity index (χ2v) is 7.14. The molecule has 0 unspecified atom stereocenters. The van der Waals surface area contributed by atoms with Gasteiger partial charge >= 0.3 is 0 Å². The number of rotatable bonds is 7. The summed E-state index contributed by atoms with van der Waals surface area (Å²) in [6.07, 6.45) is 2.51. The lowest BCUT2D eigenvalue weighted by Crippen LogP contribution is -2.07. The number of nitrogens with two attached hydrogens (primary N) is 1. The third-order valence-electron chi connectivity index (χ3n) is 4.25. The molecular formula is C19H20N8OS. The molecule has 0 bridgehead atoms. The van der Waals surface area contributed by atoms with Gasteiger partial charge in [-0.25, -0.2) is 0 Å². The first-order valence-corrected chi connectivity index (χ1v) is 10.0. The highest BCUT2D eigenvalue weighted by Gasteiger charge is 2.14. The van der Waals surface area contributed by atoms with Crippen LogP contribution in [0.5, 0.6) is 0 Å². The van der Waals surface area contributed by atoms with E-state index in [-0.39, 0.29) is 5.95 Å². The smallest absolute Gasteiger partial charge is 0.232 e. The van der Waals surface area contributed by atoms with Gasteiger partial charge < -0.3 is 20.0 Å². The number of hydrogen-bond acceptors (Lipinski definition) is 9. The minimum atomic E-state index is 0.168. The maximum absolute atomic E-state index is 5.89. The monoisotopic (exact) mass is 408 g/mol. The number of aryl methyl sites for hydroxylation is 1. The number of para-hydroxylation sites is 1. The molecule has 3 heterocycles. The zero-order valence-electron chi connectivity index (χ0n) is 16.0. The average Bonchev–Trinajstić information content (AvgIpc) is 3.36. The summed E-state index contributed by atoms with van der Waals surface area (Å²) in [6.45, 7) is 2.10. The maximum Gasteiger partial charge on any atom is 0.232 e. The molecule has 0 amide bonds. The van der Waals surface area contributed by atoms with E-state index in [2.05, 4.69) is 43.5 Å². The van der Waals surface area contributed by atoms with E-state index in [1.807, 2.05) is 41.9 Å². The van der Waals surface area contributed by atoms with Crippen molar-refractivity contribution in [3.63, 3.8) is 0 Å². The van der Waals surface area contributed by atoms with Crippen LogP contribution in [0.4, 0.5) is 17.6 Å². The highest BCUT2D eigenvalue weighted by molar-refractivity contribution is 7.98. The van der Waals surface area contributed by atoms with Crippen LogP contribution >= 0.6 is 11.8 Å². The molecule has 0 aliphatic rings. The number of nitrogens with zero attached hydrogens (tertiary/aromatic N) is 6. The summed E-state index contributed by atoms with van der Waals surface area (Å²) >= 11 is 1.46. The summed E-state index contributed by atoms with van der Waals surface area (Å²) in [5, 5.41) is 12.4. The predicted octanol–water partition coefficient (Wildman–Crippen LogP) is 3.44. The Morgan fingerprint density at radius 3 is 2.76 bits per heavy atom. The molecule has 3 N–H and O–H groups in total. The minimum absolute atomic E-state index is 0.168. The first kappa shape index (κ1) is 18.9. The maximum atomic E-state index is 5.89. The number of benzene rings is 1. The van der Waals surface area contributed by atoms with Crippen LogP contribution in [-0.4, -0.2) is 29.7 Å². The molecule has 148 valence electrons. The number of nitrogens with one attached hydrogen (secondary N) is 1. The van der Waals surface area contributed by atoms with Crippen molar-refractivity contribution in [3.05, 3.63) is 54.0 Å². The average molecular weight is 408 g/mol. The van der Waals surface area contributed by atoms with E-state index < -0.39 is 0 Å². The number of nitrogen functional groups attached to an aromatic ring is 1. The van der Waals surface area contributed by atoms with E-state index in [0.29, 0.717) is 29.1 Å². The Morgan fingerprint density at radius 1 is 1.10 bits per heavy atom. The van der Waals surface area contributed by atoms with Gasteiger partial charge in [0.2, 0.25) is 11.9 Å². The Kier molecular flexibility index (Phi) is 5.43. The van der Waals surface area contributed by atoms with Gasteiger partial charge in [-0.1, -0.05) is 36.9 Å². The van der Waals surface area contributed by atoms with Crippen LogP contribution in [0, 0.1) is 0 Å². The van der Waals surface area contributed by atoms with Crippen molar-refractivity contribution < 1.29 is 4.42 Å². The van der Waals surface area contributed by atoms with Crippen molar-refractivity contribution in [3.8, 4) is 11.6 Å². The Labute approximate surface area is 171 Å². The molecular weight excluding hydrogens is 388 g/mol. The summed E-state index contributed by atoms with van der Waals surface area (Å²) in [7, 11) is 1.89. The summed E-state index contributed by atoms with van der Waals surface area (Å²) in [5.41, 5.74) is 8.02. The van der Waals surface area contributed by atoms with Gasteiger partial charge in [0.05, 0.1) is 12.0 Å². The third-order valence-corrected chi connectivity index (χ3v) is 5.27. The minimum Gasteiger partial charge on any atom is -0.461 e. The van der Waals surface area contributed by atoms with Crippen molar-refractivity contribution in [2.45, 2.75) is 24.3 Å². The topological polar surface area (TPSA) is 121 Å². The van der Waals surface area contributed by atoms with Crippen LogP contribution in [0.15, 0.2) is 52.2 Å². The van der Waals surface area contributed by atoms with Gasteiger partial charge in [0.1, 0.15) is 5.82 Å². The largest absolute Gasteiger partial charge is 0.461 e. The molecule has 9 nitrogen and oxygen atoms in total. The highest BCUT2D eigenvalue weighted by atomic mass is 32.2. The van der Waals surface area contributed by atoms with E-state index in [1.165, 1.54) is 17.3 Å². The Morgan fingerprint density at radius 2 is 1.97 bits per heavy atom. The molecule has 4 rings (SSSR count). The van der Waals surface area contributed by atoms with Crippen LogP contribution in [0.3, 0.4) is 0 Å². The lowest BCUT2D eigenvalue weighted by atomic mass is 10.1. The number of anilines is 3. The van der Waals surface area contributed by atoms with Crippen molar-refractivity contribution in [2.75, 3.05) is 11.1 Å². The lowest BCUT2D eigenvalue weighted by Gasteiger charge is -2.10. The molecule has 3 aromatic heterocycles. The van der Waals surface area contributed by atoms with E-state index in [1.54, 1.807) is 6.26 Å². The fourth-order valence-corrected chi connectivity index (χ4v) is 3.59. The van der Waals surface area contributed by atoms with Crippen molar-refractivity contribution in [1.82, 2.24) is 29.7 Å². The zero-order chi connectivity index (χ0) is 20.2. The first-order chi connectivity index (χ1) is 14.1. The lowest BCUT2D eigenvalue weighted by molar-refractivity contribution is 0.572. The second kappa shape index (κ2) is 8.31.